The summed E-state index contributed by atoms with van der Waals surface area (Å²) >= 11 is 0. The van der Waals surface area contributed by atoms with Crippen molar-refractivity contribution >= 4 is 0 Å². The van der Waals surface area contributed by atoms with Gasteiger partial charge in [0.05, 0.1) is 0 Å². The van der Waals surface area contributed by atoms with Crippen LogP contribution in [0.4, 0.5) is 0 Å². The second-order valence-electron chi connectivity index (χ2n) is 6.11. The monoisotopic (exact) mass is 210 g/mol. The van der Waals surface area contributed by atoms with Gasteiger partial charge in [0.25, 0.3) is 0 Å². The molecule has 5 atom stereocenters. The first kappa shape index (κ1) is 13.1. The molecule has 1 aliphatic rings. The second-order valence-corrected chi connectivity index (χ2v) is 6.11. The van der Waals surface area contributed by atoms with Gasteiger partial charge in [-0.1, -0.05) is 53.9 Å². The molecule has 0 bridgehead atoms. The zero-order valence-corrected chi connectivity index (χ0v) is 11.4. The molecular formula is C15H30. The molecule has 0 heteroatoms. The molecule has 1 fully saturated rings. The topological polar surface area (TPSA) is 0 Å². The highest BCUT2D eigenvalue weighted by Crippen LogP contribution is 2.40. The average Bonchev–Trinajstić information content (AvgIpc) is 2.55. The van der Waals surface area contributed by atoms with E-state index in [1.54, 1.807) is 0 Å². The molecule has 0 aromatic carbocycles. The van der Waals surface area contributed by atoms with Crippen molar-refractivity contribution < 1.29 is 0 Å². The molecule has 0 aromatic heterocycles. The Morgan fingerprint density at radius 1 is 1.07 bits per heavy atom. The number of rotatable bonds is 5. The lowest BCUT2D eigenvalue weighted by Crippen LogP contribution is -2.13. The van der Waals surface area contributed by atoms with Gasteiger partial charge in [-0.3, -0.25) is 0 Å². The fourth-order valence-corrected chi connectivity index (χ4v) is 3.04. The van der Waals surface area contributed by atoms with Crippen LogP contribution >= 0.6 is 0 Å². The Balaban J connectivity index is 2.25. The third-order valence-corrected chi connectivity index (χ3v) is 5.24. The van der Waals surface area contributed by atoms with Gasteiger partial charge in [0.15, 0.2) is 0 Å². The fourth-order valence-electron chi connectivity index (χ4n) is 3.04. The standard InChI is InChI=1S/C15H30/c1-6-11(2)12(3)7-9-15-10-8-13(4)14(15)5/h11-15H,6-10H2,1-5H3. The van der Waals surface area contributed by atoms with Crippen molar-refractivity contribution in [3.63, 3.8) is 0 Å². The maximum absolute atomic E-state index is 2.47. The highest BCUT2D eigenvalue weighted by atomic mass is 14.3. The van der Waals surface area contributed by atoms with Crippen molar-refractivity contribution in [2.75, 3.05) is 0 Å². The third kappa shape index (κ3) is 3.50. The molecule has 0 aromatic rings. The Hall–Kier alpha value is 0. The maximum Gasteiger partial charge on any atom is -0.0386 e. The van der Waals surface area contributed by atoms with Gasteiger partial charge < -0.3 is 0 Å². The van der Waals surface area contributed by atoms with Crippen LogP contribution in [0.2, 0.25) is 0 Å². The smallest absolute Gasteiger partial charge is 0.0386 e. The minimum absolute atomic E-state index is 0.916. The van der Waals surface area contributed by atoms with Crippen LogP contribution in [0, 0.1) is 29.6 Å². The molecular weight excluding hydrogens is 180 g/mol. The number of hydrogen-bond donors (Lipinski definition) is 0. The van der Waals surface area contributed by atoms with Crippen LogP contribution in [-0.4, -0.2) is 0 Å². The Bertz CT molecular complexity index is 173. The van der Waals surface area contributed by atoms with Gasteiger partial charge >= 0.3 is 0 Å². The number of hydrogen-bond acceptors (Lipinski definition) is 0. The zero-order chi connectivity index (χ0) is 11.4. The van der Waals surface area contributed by atoms with Crippen molar-refractivity contribution in [3.05, 3.63) is 0 Å². The Kier molecular flexibility index (Phi) is 5.15. The molecule has 0 radical (unpaired) electrons. The largest absolute Gasteiger partial charge is 0.0651 e. The van der Waals surface area contributed by atoms with E-state index >= 15 is 0 Å². The van der Waals surface area contributed by atoms with Crippen molar-refractivity contribution in [1.29, 1.82) is 0 Å². The lowest BCUT2D eigenvalue weighted by atomic mass is 9.83. The SMILES string of the molecule is CCC(C)C(C)CCC1CCC(C)C1C. The van der Waals surface area contributed by atoms with Crippen LogP contribution in [0.1, 0.15) is 66.7 Å². The molecule has 1 rings (SSSR count). The molecule has 90 valence electrons. The first-order valence-electron chi connectivity index (χ1n) is 7.06. The van der Waals surface area contributed by atoms with Gasteiger partial charge in [0.2, 0.25) is 0 Å². The summed E-state index contributed by atoms with van der Waals surface area (Å²) in [6, 6.07) is 0. The summed E-state index contributed by atoms with van der Waals surface area (Å²) in [4.78, 5) is 0. The maximum atomic E-state index is 2.47. The van der Waals surface area contributed by atoms with Crippen LogP contribution in [0.25, 0.3) is 0 Å². The van der Waals surface area contributed by atoms with E-state index in [4.69, 9.17) is 0 Å². The van der Waals surface area contributed by atoms with Gasteiger partial charge in [-0.05, 0) is 42.4 Å². The summed E-state index contributed by atoms with van der Waals surface area (Å²) in [5, 5.41) is 0. The van der Waals surface area contributed by atoms with Crippen molar-refractivity contribution in [1.82, 2.24) is 0 Å². The van der Waals surface area contributed by atoms with Crippen LogP contribution in [0.15, 0.2) is 0 Å². The van der Waals surface area contributed by atoms with E-state index in [0.717, 1.165) is 29.6 Å². The van der Waals surface area contributed by atoms with E-state index in [-0.39, 0.29) is 0 Å². The summed E-state index contributed by atoms with van der Waals surface area (Å²) in [6.07, 6.45) is 7.25. The molecule has 0 N–H and O–H groups in total. The second kappa shape index (κ2) is 5.92. The van der Waals surface area contributed by atoms with Crippen molar-refractivity contribution in [2.24, 2.45) is 29.6 Å². The third-order valence-electron chi connectivity index (χ3n) is 5.24. The zero-order valence-electron chi connectivity index (χ0n) is 11.4. The molecule has 0 heterocycles. The molecule has 1 aliphatic carbocycles. The van der Waals surface area contributed by atoms with E-state index in [9.17, 15) is 0 Å². The normalized spacial score (nSPS) is 35.4. The van der Waals surface area contributed by atoms with E-state index in [2.05, 4.69) is 34.6 Å². The van der Waals surface area contributed by atoms with Gasteiger partial charge in [-0.15, -0.1) is 0 Å². The van der Waals surface area contributed by atoms with Gasteiger partial charge in [-0.25, -0.2) is 0 Å². The van der Waals surface area contributed by atoms with E-state index in [1.165, 1.54) is 32.1 Å². The van der Waals surface area contributed by atoms with Crippen LogP contribution in [-0.2, 0) is 0 Å². The fraction of sp³-hybridized carbons (Fsp3) is 1.00. The van der Waals surface area contributed by atoms with Crippen LogP contribution in [0.5, 0.6) is 0 Å². The van der Waals surface area contributed by atoms with Gasteiger partial charge in [-0.2, -0.15) is 0 Å². The summed E-state index contributed by atoms with van der Waals surface area (Å²) in [5.41, 5.74) is 0. The lowest BCUT2D eigenvalue weighted by Gasteiger charge is -2.23. The summed E-state index contributed by atoms with van der Waals surface area (Å²) in [5.74, 6) is 4.84. The van der Waals surface area contributed by atoms with Gasteiger partial charge in [0.1, 0.15) is 0 Å². The van der Waals surface area contributed by atoms with Crippen LogP contribution < -0.4 is 0 Å². The van der Waals surface area contributed by atoms with E-state index < -0.39 is 0 Å². The summed E-state index contributed by atoms with van der Waals surface area (Å²) in [7, 11) is 0. The molecule has 0 aliphatic heterocycles. The van der Waals surface area contributed by atoms with Crippen molar-refractivity contribution in [3.8, 4) is 0 Å². The predicted molar refractivity (Wildman–Crippen MR) is 68.9 cm³/mol. The minimum Gasteiger partial charge on any atom is -0.0651 e. The highest BCUT2D eigenvalue weighted by Gasteiger charge is 2.29. The lowest BCUT2D eigenvalue weighted by molar-refractivity contribution is 0.280. The van der Waals surface area contributed by atoms with Crippen LogP contribution in [0.3, 0.4) is 0 Å². The van der Waals surface area contributed by atoms with Gasteiger partial charge in [0, 0.05) is 0 Å². The first-order chi connectivity index (χ1) is 7.06. The van der Waals surface area contributed by atoms with E-state index in [0.29, 0.717) is 0 Å². The Labute approximate surface area is 96.8 Å². The predicted octanol–water partition coefficient (Wildman–Crippen LogP) is 5.13. The molecule has 1 saturated carbocycles. The molecule has 0 nitrogen and oxygen atoms in total. The molecule has 5 unspecified atom stereocenters. The summed E-state index contributed by atoms with van der Waals surface area (Å²) < 4.78 is 0. The first-order valence-corrected chi connectivity index (χ1v) is 7.06. The Morgan fingerprint density at radius 3 is 2.20 bits per heavy atom. The molecule has 0 amide bonds. The minimum atomic E-state index is 0.916. The summed E-state index contributed by atoms with van der Waals surface area (Å²) in [6.45, 7) is 12.1. The quantitative estimate of drug-likeness (QED) is 0.590. The average molecular weight is 210 g/mol. The van der Waals surface area contributed by atoms with E-state index in [1.807, 2.05) is 0 Å². The highest BCUT2D eigenvalue weighted by molar-refractivity contribution is 4.80. The Morgan fingerprint density at radius 2 is 1.73 bits per heavy atom. The molecule has 15 heavy (non-hydrogen) atoms. The molecule has 0 saturated heterocycles. The van der Waals surface area contributed by atoms with Crippen molar-refractivity contribution in [2.45, 2.75) is 66.7 Å². The molecule has 0 spiro atoms.